The van der Waals surface area contributed by atoms with Gasteiger partial charge < -0.3 is 5.32 Å². The molecular weight excluding hydrogens is 350 g/mol. The zero-order chi connectivity index (χ0) is 18.4. The van der Waals surface area contributed by atoms with Crippen LogP contribution < -0.4 is 10.6 Å². The van der Waals surface area contributed by atoms with Crippen LogP contribution in [0.25, 0.3) is 0 Å². The highest BCUT2D eigenvalue weighted by molar-refractivity contribution is 7.08. The maximum atomic E-state index is 12.2. The van der Waals surface area contributed by atoms with E-state index in [-0.39, 0.29) is 30.2 Å². The lowest BCUT2D eigenvalue weighted by atomic mass is 10.0. The van der Waals surface area contributed by atoms with Gasteiger partial charge in [-0.2, -0.15) is 11.3 Å². The third kappa shape index (κ3) is 4.76. The summed E-state index contributed by atoms with van der Waals surface area (Å²) in [6, 6.07) is 11.6. The maximum Gasteiger partial charge on any atom is 0.248 e. The molecule has 0 unspecified atom stereocenters. The third-order valence-corrected chi connectivity index (χ3v) is 4.55. The van der Waals surface area contributed by atoms with Gasteiger partial charge in [0.15, 0.2) is 0 Å². The summed E-state index contributed by atoms with van der Waals surface area (Å²) in [5, 5.41) is 13.5. The van der Waals surface area contributed by atoms with E-state index in [9.17, 15) is 9.59 Å². The predicted molar refractivity (Wildman–Crippen MR) is 99.7 cm³/mol. The van der Waals surface area contributed by atoms with E-state index in [0.29, 0.717) is 6.54 Å². The summed E-state index contributed by atoms with van der Waals surface area (Å²) < 4.78 is 1.39. The average molecular weight is 369 g/mol. The van der Waals surface area contributed by atoms with E-state index in [4.69, 9.17) is 0 Å². The van der Waals surface area contributed by atoms with Crippen LogP contribution in [0.5, 0.6) is 0 Å². The van der Waals surface area contributed by atoms with Crippen LogP contribution in [0.3, 0.4) is 0 Å². The van der Waals surface area contributed by atoms with Gasteiger partial charge in [0.25, 0.3) is 0 Å². The molecule has 0 aliphatic carbocycles. The first kappa shape index (κ1) is 17.8. The molecule has 2 aromatic heterocycles. The van der Waals surface area contributed by atoms with Crippen molar-refractivity contribution < 1.29 is 9.59 Å². The molecule has 3 aromatic rings. The minimum atomic E-state index is -0.289. The van der Waals surface area contributed by atoms with Crippen molar-refractivity contribution in [3.05, 3.63) is 64.6 Å². The fourth-order valence-electron chi connectivity index (χ4n) is 2.32. The smallest absolute Gasteiger partial charge is 0.248 e. The van der Waals surface area contributed by atoms with Crippen molar-refractivity contribution in [1.29, 1.82) is 0 Å². The molecule has 7 nitrogen and oxygen atoms in total. The molecular formula is C18H19N5O2S. The fourth-order valence-corrected chi connectivity index (χ4v) is 3.07. The lowest BCUT2D eigenvalue weighted by Crippen LogP contribution is -2.27. The number of nitrogens with zero attached hydrogens (tertiary/aromatic N) is 3. The molecule has 0 radical (unpaired) electrons. The number of hydrogen-bond acceptors (Lipinski definition) is 5. The topological polar surface area (TPSA) is 88.9 Å². The van der Waals surface area contributed by atoms with E-state index in [1.165, 1.54) is 11.0 Å². The first-order chi connectivity index (χ1) is 12.6. The van der Waals surface area contributed by atoms with Gasteiger partial charge >= 0.3 is 0 Å². The second-order valence-electron chi connectivity index (χ2n) is 5.80. The van der Waals surface area contributed by atoms with Gasteiger partial charge in [-0.15, -0.1) is 5.10 Å². The zero-order valence-electron chi connectivity index (χ0n) is 14.3. The van der Waals surface area contributed by atoms with Crippen molar-refractivity contribution in [3.63, 3.8) is 0 Å². The molecule has 0 fully saturated rings. The molecule has 8 heteroatoms. The van der Waals surface area contributed by atoms with Crippen molar-refractivity contribution in [3.8, 4) is 0 Å². The van der Waals surface area contributed by atoms with E-state index in [1.807, 2.05) is 54.1 Å². The van der Waals surface area contributed by atoms with Crippen LogP contribution in [-0.4, -0.2) is 26.6 Å². The quantitative estimate of drug-likeness (QED) is 0.669. The second kappa shape index (κ2) is 8.39. The fraction of sp³-hybridized carbons (Fsp3) is 0.222. The Bertz CT molecular complexity index is 861. The Morgan fingerprint density at radius 3 is 2.77 bits per heavy atom. The van der Waals surface area contributed by atoms with Crippen LogP contribution in [0, 0.1) is 0 Å². The number of thiophene rings is 1. The molecule has 1 atom stereocenters. The number of rotatable bonds is 7. The van der Waals surface area contributed by atoms with E-state index < -0.39 is 0 Å². The van der Waals surface area contributed by atoms with Crippen molar-refractivity contribution in [2.75, 3.05) is 5.32 Å². The Balaban J connectivity index is 1.49. The Labute approximate surface area is 155 Å². The lowest BCUT2D eigenvalue weighted by Gasteiger charge is -2.08. The number of aromatic nitrogens is 3. The number of carbonyl (C=O) groups excluding carboxylic acids is 2. The van der Waals surface area contributed by atoms with Crippen LogP contribution in [-0.2, 0) is 22.7 Å². The van der Waals surface area contributed by atoms with E-state index in [2.05, 4.69) is 20.7 Å². The van der Waals surface area contributed by atoms with Gasteiger partial charge in [-0.1, -0.05) is 30.3 Å². The molecule has 1 aromatic carbocycles. The van der Waals surface area contributed by atoms with Crippen LogP contribution in [0.4, 0.5) is 5.95 Å². The molecule has 3 rings (SSSR count). The number of carbonyl (C=O) groups is 2. The SMILES string of the molecule is C[C@H](C(=O)Nc1ncn(CC(=O)NCc2ccccc2)n1)c1ccsc1. The molecule has 0 saturated heterocycles. The normalized spacial score (nSPS) is 11.7. The highest BCUT2D eigenvalue weighted by atomic mass is 32.1. The number of benzene rings is 1. The average Bonchev–Trinajstić information content (AvgIpc) is 3.32. The Kier molecular flexibility index (Phi) is 5.75. The van der Waals surface area contributed by atoms with Crippen molar-refractivity contribution in [1.82, 2.24) is 20.1 Å². The van der Waals surface area contributed by atoms with E-state index >= 15 is 0 Å². The molecule has 0 spiro atoms. The molecule has 2 amide bonds. The first-order valence-electron chi connectivity index (χ1n) is 8.15. The number of amides is 2. The van der Waals surface area contributed by atoms with Crippen LogP contribution in [0.2, 0.25) is 0 Å². The number of hydrogen-bond donors (Lipinski definition) is 2. The summed E-state index contributed by atoms with van der Waals surface area (Å²) in [5.41, 5.74) is 1.97. The largest absolute Gasteiger partial charge is 0.350 e. The van der Waals surface area contributed by atoms with Gasteiger partial charge in [0.1, 0.15) is 12.9 Å². The summed E-state index contributed by atoms with van der Waals surface area (Å²) in [6.07, 6.45) is 1.42. The molecule has 2 heterocycles. The van der Waals surface area contributed by atoms with Gasteiger partial charge in [0.05, 0.1) is 5.92 Å². The van der Waals surface area contributed by atoms with Crippen molar-refractivity contribution >= 4 is 29.1 Å². The predicted octanol–water partition coefficient (Wildman–Crippen LogP) is 2.40. The van der Waals surface area contributed by atoms with Gasteiger partial charge in [0.2, 0.25) is 17.8 Å². The van der Waals surface area contributed by atoms with Gasteiger partial charge in [-0.3, -0.25) is 14.9 Å². The van der Waals surface area contributed by atoms with Gasteiger partial charge in [-0.25, -0.2) is 9.67 Å². The van der Waals surface area contributed by atoms with Gasteiger partial charge in [-0.05, 0) is 34.9 Å². The molecule has 0 saturated carbocycles. The molecule has 0 aliphatic heterocycles. The standard InChI is InChI=1S/C18H19N5O2S/c1-13(15-7-8-26-11-15)17(25)21-18-20-12-23(22-18)10-16(24)19-9-14-5-3-2-4-6-14/h2-8,11-13H,9-10H2,1H3,(H,19,24)(H,21,22,25)/t13-/m0/s1. The molecule has 0 aliphatic rings. The number of anilines is 1. The highest BCUT2D eigenvalue weighted by Crippen LogP contribution is 2.19. The molecule has 134 valence electrons. The van der Waals surface area contributed by atoms with Crippen LogP contribution in [0.15, 0.2) is 53.5 Å². The summed E-state index contributed by atoms with van der Waals surface area (Å²) in [7, 11) is 0. The van der Waals surface area contributed by atoms with Crippen molar-refractivity contribution in [2.24, 2.45) is 0 Å². The Hall–Kier alpha value is -3.00. The molecule has 0 bridgehead atoms. The first-order valence-corrected chi connectivity index (χ1v) is 9.09. The minimum Gasteiger partial charge on any atom is -0.350 e. The summed E-state index contributed by atoms with van der Waals surface area (Å²) >= 11 is 1.55. The Morgan fingerprint density at radius 1 is 1.23 bits per heavy atom. The van der Waals surface area contributed by atoms with E-state index in [1.54, 1.807) is 11.3 Å². The van der Waals surface area contributed by atoms with Crippen LogP contribution >= 0.6 is 11.3 Å². The summed E-state index contributed by atoms with van der Waals surface area (Å²) in [6.45, 7) is 2.32. The van der Waals surface area contributed by atoms with E-state index in [0.717, 1.165) is 11.1 Å². The Morgan fingerprint density at radius 2 is 2.04 bits per heavy atom. The van der Waals surface area contributed by atoms with Crippen molar-refractivity contribution in [2.45, 2.75) is 25.9 Å². The maximum absolute atomic E-state index is 12.2. The molecule has 26 heavy (non-hydrogen) atoms. The van der Waals surface area contributed by atoms with Crippen LogP contribution in [0.1, 0.15) is 24.0 Å². The summed E-state index contributed by atoms with van der Waals surface area (Å²) in [4.78, 5) is 28.3. The second-order valence-corrected chi connectivity index (χ2v) is 6.58. The lowest BCUT2D eigenvalue weighted by molar-refractivity contribution is -0.122. The minimum absolute atomic E-state index is 0.0375. The third-order valence-electron chi connectivity index (χ3n) is 3.85. The highest BCUT2D eigenvalue weighted by Gasteiger charge is 2.17. The molecule has 2 N–H and O–H groups in total. The zero-order valence-corrected chi connectivity index (χ0v) is 15.1. The summed E-state index contributed by atoms with van der Waals surface area (Å²) in [5.74, 6) is -0.465. The number of nitrogens with one attached hydrogen (secondary N) is 2. The monoisotopic (exact) mass is 369 g/mol. The van der Waals surface area contributed by atoms with Gasteiger partial charge in [0, 0.05) is 6.54 Å².